The average molecular weight is 229 g/mol. The normalized spacial score (nSPS) is 9.88. The first-order valence-electron chi connectivity index (χ1n) is 5.09. The van der Waals surface area contributed by atoms with Crippen LogP contribution in [0.1, 0.15) is 11.5 Å². The largest absolute Gasteiger partial charge is 0.354 e. The van der Waals surface area contributed by atoms with Gasteiger partial charge in [-0.2, -0.15) is 10.4 Å². The Balaban J connectivity index is 1.88. The molecule has 0 radical (unpaired) electrons. The Morgan fingerprint density at radius 1 is 1.47 bits per heavy atom. The molecule has 0 aliphatic carbocycles. The van der Waals surface area contributed by atoms with E-state index in [-0.39, 0.29) is 0 Å². The van der Waals surface area contributed by atoms with Gasteiger partial charge in [0.05, 0.1) is 0 Å². The second-order valence-electron chi connectivity index (χ2n) is 3.39. The van der Waals surface area contributed by atoms with Gasteiger partial charge in [0.25, 0.3) is 0 Å². The van der Waals surface area contributed by atoms with E-state index in [1.807, 2.05) is 13.1 Å². The van der Waals surface area contributed by atoms with E-state index in [1.54, 1.807) is 23.3 Å². The first-order chi connectivity index (χ1) is 8.28. The lowest BCUT2D eigenvalue weighted by Gasteiger charge is -2.02. The zero-order valence-corrected chi connectivity index (χ0v) is 9.33. The molecule has 0 aromatic carbocycles. The molecule has 2 aromatic heterocycles. The first kappa shape index (κ1) is 11.0. The highest BCUT2D eigenvalue weighted by Crippen LogP contribution is 1.99. The van der Waals surface area contributed by atoms with Crippen LogP contribution < -0.4 is 5.32 Å². The van der Waals surface area contributed by atoms with Crippen LogP contribution in [0.2, 0.25) is 0 Å². The van der Waals surface area contributed by atoms with Crippen LogP contribution in [0.5, 0.6) is 0 Å². The highest BCUT2D eigenvalue weighted by Gasteiger charge is 2.00. The Morgan fingerprint density at radius 2 is 2.35 bits per heavy atom. The Kier molecular flexibility index (Phi) is 3.25. The van der Waals surface area contributed by atoms with Crippen LogP contribution in [0.15, 0.2) is 18.6 Å². The Morgan fingerprint density at radius 3 is 3.06 bits per heavy atom. The number of nitrogens with zero attached hydrogens (tertiary/aromatic N) is 6. The molecule has 0 saturated heterocycles. The Hall–Kier alpha value is -2.49. The van der Waals surface area contributed by atoms with Crippen molar-refractivity contribution in [2.45, 2.75) is 6.42 Å². The summed E-state index contributed by atoms with van der Waals surface area (Å²) in [7, 11) is 1.82. The van der Waals surface area contributed by atoms with Crippen molar-refractivity contribution in [3.8, 4) is 6.07 Å². The fraction of sp³-hybridized carbons (Fsp3) is 0.300. The summed E-state index contributed by atoms with van der Waals surface area (Å²) in [5, 5.41) is 15.8. The maximum Gasteiger partial charge on any atom is 0.223 e. The number of aryl methyl sites for hydroxylation is 1. The molecule has 0 atom stereocenters. The number of nitriles is 1. The molecule has 0 aliphatic rings. The van der Waals surface area contributed by atoms with Crippen molar-refractivity contribution < 1.29 is 0 Å². The van der Waals surface area contributed by atoms with Crippen LogP contribution in [0.4, 0.5) is 5.95 Å². The van der Waals surface area contributed by atoms with E-state index in [0.717, 1.165) is 5.82 Å². The van der Waals surface area contributed by atoms with Crippen molar-refractivity contribution in [1.29, 1.82) is 5.26 Å². The third-order valence-electron chi connectivity index (χ3n) is 2.05. The van der Waals surface area contributed by atoms with Gasteiger partial charge in [-0.05, 0) is 6.07 Å². The average Bonchev–Trinajstić information content (AvgIpc) is 2.75. The molecule has 0 saturated carbocycles. The van der Waals surface area contributed by atoms with Crippen molar-refractivity contribution >= 4 is 5.95 Å². The summed E-state index contributed by atoms with van der Waals surface area (Å²) in [6.07, 6.45) is 3.88. The third-order valence-corrected chi connectivity index (χ3v) is 2.05. The fourth-order valence-electron chi connectivity index (χ4n) is 1.29. The molecule has 0 bridgehead atoms. The number of anilines is 1. The van der Waals surface area contributed by atoms with Gasteiger partial charge in [0, 0.05) is 26.2 Å². The van der Waals surface area contributed by atoms with E-state index in [0.29, 0.717) is 24.6 Å². The van der Waals surface area contributed by atoms with Crippen molar-refractivity contribution in [3.63, 3.8) is 0 Å². The standard InChI is InChI=1S/C10H11N7/c1-17-7-14-9(16-17)3-5-13-10-12-4-2-8(6-11)15-10/h2,4,7H,3,5H2,1H3,(H,12,13,15). The summed E-state index contributed by atoms with van der Waals surface area (Å²) in [4.78, 5) is 12.1. The minimum atomic E-state index is 0.346. The Labute approximate surface area is 98.2 Å². The molecule has 2 aromatic rings. The fourth-order valence-corrected chi connectivity index (χ4v) is 1.29. The second-order valence-corrected chi connectivity index (χ2v) is 3.39. The van der Waals surface area contributed by atoms with E-state index in [4.69, 9.17) is 5.26 Å². The molecule has 0 aliphatic heterocycles. The molecule has 0 unspecified atom stereocenters. The smallest absolute Gasteiger partial charge is 0.223 e. The molecular weight excluding hydrogens is 218 g/mol. The molecule has 2 rings (SSSR count). The summed E-state index contributed by atoms with van der Waals surface area (Å²) >= 11 is 0. The van der Waals surface area contributed by atoms with Gasteiger partial charge in [-0.25, -0.2) is 15.0 Å². The number of hydrogen-bond donors (Lipinski definition) is 1. The molecule has 7 heteroatoms. The maximum absolute atomic E-state index is 8.68. The van der Waals surface area contributed by atoms with Crippen LogP contribution in [-0.4, -0.2) is 31.3 Å². The monoisotopic (exact) mass is 229 g/mol. The van der Waals surface area contributed by atoms with E-state index >= 15 is 0 Å². The van der Waals surface area contributed by atoms with Gasteiger partial charge in [-0.15, -0.1) is 0 Å². The minimum Gasteiger partial charge on any atom is -0.354 e. The lowest BCUT2D eigenvalue weighted by atomic mass is 10.4. The first-order valence-corrected chi connectivity index (χ1v) is 5.09. The third kappa shape index (κ3) is 2.98. The highest BCUT2D eigenvalue weighted by molar-refractivity contribution is 5.29. The van der Waals surface area contributed by atoms with Gasteiger partial charge in [0.15, 0.2) is 5.82 Å². The van der Waals surface area contributed by atoms with Crippen LogP contribution in [0.25, 0.3) is 0 Å². The van der Waals surface area contributed by atoms with Crippen molar-refractivity contribution in [2.24, 2.45) is 7.05 Å². The zero-order chi connectivity index (χ0) is 12.1. The van der Waals surface area contributed by atoms with Crippen LogP contribution in [-0.2, 0) is 13.5 Å². The Bertz CT molecular complexity index is 540. The van der Waals surface area contributed by atoms with E-state index < -0.39 is 0 Å². The summed E-state index contributed by atoms with van der Waals surface area (Å²) < 4.78 is 1.65. The summed E-state index contributed by atoms with van der Waals surface area (Å²) in [5.74, 6) is 1.21. The second kappa shape index (κ2) is 5.03. The summed E-state index contributed by atoms with van der Waals surface area (Å²) in [6.45, 7) is 0.624. The predicted molar refractivity (Wildman–Crippen MR) is 59.9 cm³/mol. The lowest BCUT2D eigenvalue weighted by molar-refractivity contribution is 0.741. The van der Waals surface area contributed by atoms with Gasteiger partial charge >= 0.3 is 0 Å². The molecule has 7 nitrogen and oxygen atoms in total. The topological polar surface area (TPSA) is 92.3 Å². The van der Waals surface area contributed by atoms with Gasteiger partial charge in [-0.1, -0.05) is 0 Å². The van der Waals surface area contributed by atoms with Crippen LogP contribution in [0, 0.1) is 11.3 Å². The van der Waals surface area contributed by atoms with E-state index in [2.05, 4.69) is 25.4 Å². The summed E-state index contributed by atoms with van der Waals surface area (Å²) in [6, 6.07) is 3.52. The van der Waals surface area contributed by atoms with E-state index in [1.165, 1.54) is 0 Å². The number of rotatable bonds is 4. The van der Waals surface area contributed by atoms with Gasteiger partial charge in [0.1, 0.15) is 18.1 Å². The highest BCUT2D eigenvalue weighted by atomic mass is 15.3. The SMILES string of the molecule is Cn1cnc(CCNc2nccc(C#N)n2)n1. The zero-order valence-electron chi connectivity index (χ0n) is 9.33. The number of aromatic nitrogens is 5. The maximum atomic E-state index is 8.68. The number of nitrogens with one attached hydrogen (secondary N) is 1. The molecule has 86 valence electrons. The lowest BCUT2D eigenvalue weighted by Crippen LogP contribution is -2.09. The molecule has 1 N–H and O–H groups in total. The van der Waals surface area contributed by atoms with Crippen molar-refractivity contribution in [3.05, 3.63) is 30.1 Å². The minimum absolute atomic E-state index is 0.346. The van der Waals surface area contributed by atoms with Gasteiger partial charge in [0.2, 0.25) is 5.95 Å². The molecule has 0 spiro atoms. The quantitative estimate of drug-likeness (QED) is 0.801. The van der Waals surface area contributed by atoms with E-state index in [9.17, 15) is 0 Å². The van der Waals surface area contributed by atoms with Gasteiger partial charge < -0.3 is 5.32 Å². The van der Waals surface area contributed by atoms with Crippen molar-refractivity contribution in [2.75, 3.05) is 11.9 Å². The molecule has 0 fully saturated rings. The number of hydrogen-bond acceptors (Lipinski definition) is 6. The molecule has 2 heterocycles. The molecule has 0 amide bonds. The van der Waals surface area contributed by atoms with Crippen LogP contribution in [0.3, 0.4) is 0 Å². The van der Waals surface area contributed by atoms with Crippen molar-refractivity contribution in [1.82, 2.24) is 24.7 Å². The van der Waals surface area contributed by atoms with Gasteiger partial charge in [-0.3, -0.25) is 4.68 Å². The summed E-state index contributed by atoms with van der Waals surface area (Å²) in [5.41, 5.74) is 0.346. The molecular formula is C10H11N7. The van der Waals surface area contributed by atoms with Crippen LogP contribution >= 0.6 is 0 Å². The predicted octanol–water partition coefficient (Wildman–Crippen LogP) is 0.131. The molecule has 17 heavy (non-hydrogen) atoms.